The summed E-state index contributed by atoms with van der Waals surface area (Å²) in [5.74, 6) is 0.976. The van der Waals surface area contributed by atoms with Crippen LogP contribution in [0.2, 0.25) is 0 Å². The molecule has 1 aromatic heterocycles. The Bertz CT molecular complexity index is 385. The molecule has 0 aliphatic carbocycles. The smallest absolute Gasteiger partial charge is 0.266 e. The normalized spacial score (nSPS) is 21.6. The molecule has 0 aromatic carbocycles. The maximum atomic E-state index is 11.7. The van der Waals surface area contributed by atoms with E-state index in [-0.39, 0.29) is 5.56 Å². The minimum Gasteiger partial charge on any atom is -0.316 e. The van der Waals surface area contributed by atoms with Gasteiger partial charge in [-0.25, -0.2) is 0 Å². The molecule has 2 N–H and O–H groups in total. The van der Waals surface area contributed by atoms with Crippen LogP contribution in [0.15, 0.2) is 10.9 Å². The van der Waals surface area contributed by atoms with Crippen molar-refractivity contribution in [3.05, 3.63) is 22.1 Å². The standard InChI is InChI=1S/C12H21N3O/c1-9(2)11-6-12(16)15(14-11)8-10-4-3-5-13-7-10/h6,9-10,13-14H,3-5,7-8H2,1-2H3. The molecule has 2 rings (SSSR count). The van der Waals surface area contributed by atoms with Gasteiger partial charge in [0.15, 0.2) is 0 Å². The van der Waals surface area contributed by atoms with Crippen LogP contribution < -0.4 is 10.9 Å². The summed E-state index contributed by atoms with van der Waals surface area (Å²) in [6, 6.07) is 1.72. The van der Waals surface area contributed by atoms with Crippen molar-refractivity contribution in [1.82, 2.24) is 15.1 Å². The quantitative estimate of drug-likeness (QED) is 0.811. The molecule has 2 heterocycles. The van der Waals surface area contributed by atoms with Gasteiger partial charge in [0, 0.05) is 18.3 Å². The summed E-state index contributed by atoms with van der Waals surface area (Å²) < 4.78 is 1.76. The van der Waals surface area contributed by atoms with E-state index in [2.05, 4.69) is 24.3 Å². The van der Waals surface area contributed by atoms with Crippen LogP contribution in [-0.2, 0) is 6.54 Å². The molecule has 0 bridgehead atoms. The second-order valence-corrected chi connectivity index (χ2v) is 5.03. The number of H-pyrrole nitrogens is 1. The van der Waals surface area contributed by atoms with Crippen LogP contribution in [0.4, 0.5) is 0 Å². The summed E-state index contributed by atoms with van der Waals surface area (Å²) >= 11 is 0. The van der Waals surface area contributed by atoms with Crippen LogP contribution in [0.3, 0.4) is 0 Å². The third-order valence-electron chi connectivity index (χ3n) is 3.27. The minimum atomic E-state index is 0.106. The van der Waals surface area contributed by atoms with Crippen LogP contribution in [0.1, 0.15) is 38.3 Å². The van der Waals surface area contributed by atoms with E-state index in [4.69, 9.17) is 0 Å². The van der Waals surface area contributed by atoms with E-state index in [1.807, 2.05) is 0 Å². The SMILES string of the molecule is CC(C)c1cc(=O)n(CC2CCCNC2)[nH]1. The fraction of sp³-hybridized carbons (Fsp3) is 0.750. The van der Waals surface area contributed by atoms with Gasteiger partial charge in [0.25, 0.3) is 5.56 Å². The van der Waals surface area contributed by atoms with Crippen LogP contribution in [0, 0.1) is 5.92 Å². The summed E-state index contributed by atoms with van der Waals surface area (Å²) in [5, 5.41) is 6.58. The molecule has 0 saturated carbocycles. The van der Waals surface area contributed by atoms with Crippen molar-refractivity contribution in [2.24, 2.45) is 5.92 Å². The van der Waals surface area contributed by atoms with Crippen molar-refractivity contribution in [2.75, 3.05) is 13.1 Å². The lowest BCUT2D eigenvalue weighted by atomic mass is 10.00. The number of rotatable bonds is 3. The maximum Gasteiger partial charge on any atom is 0.266 e. The molecule has 90 valence electrons. The number of nitrogens with zero attached hydrogens (tertiary/aromatic N) is 1. The van der Waals surface area contributed by atoms with Crippen molar-refractivity contribution in [3.8, 4) is 0 Å². The van der Waals surface area contributed by atoms with Crippen LogP contribution in [-0.4, -0.2) is 22.9 Å². The zero-order valence-corrected chi connectivity index (χ0v) is 10.1. The summed E-state index contributed by atoms with van der Waals surface area (Å²) in [7, 11) is 0. The highest BCUT2D eigenvalue weighted by Crippen LogP contribution is 2.13. The minimum absolute atomic E-state index is 0.106. The third-order valence-corrected chi connectivity index (χ3v) is 3.27. The fourth-order valence-corrected chi connectivity index (χ4v) is 2.22. The third kappa shape index (κ3) is 2.55. The van der Waals surface area contributed by atoms with E-state index in [9.17, 15) is 4.79 Å². The summed E-state index contributed by atoms with van der Waals surface area (Å²) in [6.07, 6.45) is 2.44. The highest BCUT2D eigenvalue weighted by atomic mass is 16.1. The first-order chi connectivity index (χ1) is 7.66. The lowest BCUT2D eigenvalue weighted by Crippen LogP contribution is -2.34. The van der Waals surface area contributed by atoms with Crippen molar-refractivity contribution >= 4 is 0 Å². The first-order valence-electron chi connectivity index (χ1n) is 6.17. The molecule has 1 fully saturated rings. The molecule has 0 radical (unpaired) electrons. The molecule has 1 unspecified atom stereocenters. The van der Waals surface area contributed by atoms with Crippen molar-refractivity contribution in [1.29, 1.82) is 0 Å². The van der Waals surface area contributed by atoms with E-state index in [1.54, 1.807) is 10.7 Å². The molecular weight excluding hydrogens is 202 g/mol. The fourth-order valence-electron chi connectivity index (χ4n) is 2.22. The number of nitrogens with one attached hydrogen (secondary N) is 2. The van der Waals surface area contributed by atoms with E-state index in [0.29, 0.717) is 11.8 Å². The van der Waals surface area contributed by atoms with E-state index in [0.717, 1.165) is 25.3 Å². The van der Waals surface area contributed by atoms with Gasteiger partial charge in [0.1, 0.15) is 0 Å². The first-order valence-corrected chi connectivity index (χ1v) is 6.17. The number of aromatic amines is 1. The molecule has 1 aliphatic heterocycles. The zero-order valence-electron chi connectivity index (χ0n) is 10.1. The average molecular weight is 223 g/mol. The van der Waals surface area contributed by atoms with E-state index < -0.39 is 0 Å². The van der Waals surface area contributed by atoms with Crippen molar-refractivity contribution in [2.45, 2.75) is 39.2 Å². The Morgan fingerprint density at radius 2 is 2.38 bits per heavy atom. The van der Waals surface area contributed by atoms with Crippen molar-refractivity contribution < 1.29 is 0 Å². The number of piperidine rings is 1. The Hall–Kier alpha value is -1.03. The number of hydrogen-bond acceptors (Lipinski definition) is 2. The Balaban J connectivity index is 2.05. The molecule has 0 spiro atoms. The Morgan fingerprint density at radius 3 is 2.94 bits per heavy atom. The molecule has 4 heteroatoms. The lowest BCUT2D eigenvalue weighted by Gasteiger charge is -2.22. The summed E-state index contributed by atoms with van der Waals surface area (Å²) in [5.41, 5.74) is 1.14. The molecule has 0 amide bonds. The zero-order chi connectivity index (χ0) is 11.5. The van der Waals surface area contributed by atoms with Crippen LogP contribution in [0.5, 0.6) is 0 Å². The predicted molar refractivity (Wildman–Crippen MR) is 64.7 cm³/mol. The largest absolute Gasteiger partial charge is 0.316 e. The molecule has 4 nitrogen and oxygen atoms in total. The van der Waals surface area contributed by atoms with Gasteiger partial charge in [-0.2, -0.15) is 0 Å². The van der Waals surface area contributed by atoms with Gasteiger partial charge < -0.3 is 5.32 Å². The number of aromatic nitrogens is 2. The monoisotopic (exact) mass is 223 g/mol. The van der Waals surface area contributed by atoms with Gasteiger partial charge in [-0.1, -0.05) is 13.8 Å². The predicted octanol–water partition coefficient (Wildman–Crippen LogP) is 1.30. The second kappa shape index (κ2) is 4.87. The lowest BCUT2D eigenvalue weighted by molar-refractivity contribution is 0.321. The molecule has 1 aromatic rings. The molecule has 1 saturated heterocycles. The Morgan fingerprint density at radius 1 is 1.56 bits per heavy atom. The van der Waals surface area contributed by atoms with Gasteiger partial charge in [-0.3, -0.25) is 14.6 Å². The topological polar surface area (TPSA) is 49.8 Å². The maximum absolute atomic E-state index is 11.7. The Labute approximate surface area is 96.0 Å². The van der Waals surface area contributed by atoms with Gasteiger partial charge in [-0.15, -0.1) is 0 Å². The molecule has 16 heavy (non-hydrogen) atoms. The van der Waals surface area contributed by atoms with Crippen LogP contribution in [0.25, 0.3) is 0 Å². The van der Waals surface area contributed by atoms with Gasteiger partial charge in [0.05, 0.1) is 0 Å². The molecule has 1 atom stereocenters. The second-order valence-electron chi connectivity index (χ2n) is 5.03. The van der Waals surface area contributed by atoms with E-state index in [1.165, 1.54) is 12.8 Å². The number of hydrogen-bond donors (Lipinski definition) is 2. The highest BCUT2D eigenvalue weighted by molar-refractivity contribution is 5.04. The average Bonchev–Trinajstić information content (AvgIpc) is 2.62. The molecular formula is C12H21N3O. The van der Waals surface area contributed by atoms with Gasteiger partial charge >= 0.3 is 0 Å². The van der Waals surface area contributed by atoms with Crippen LogP contribution >= 0.6 is 0 Å². The summed E-state index contributed by atoms with van der Waals surface area (Å²) in [4.78, 5) is 11.7. The summed E-state index contributed by atoms with van der Waals surface area (Å²) in [6.45, 7) is 7.16. The van der Waals surface area contributed by atoms with E-state index >= 15 is 0 Å². The Kier molecular flexibility index (Phi) is 3.49. The van der Waals surface area contributed by atoms with Crippen molar-refractivity contribution in [3.63, 3.8) is 0 Å². The van der Waals surface area contributed by atoms with Gasteiger partial charge in [0.2, 0.25) is 0 Å². The van der Waals surface area contributed by atoms with Gasteiger partial charge in [-0.05, 0) is 37.8 Å². The molecule has 1 aliphatic rings. The first kappa shape index (κ1) is 11.5. The highest BCUT2D eigenvalue weighted by Gasteiger charge is 2.15.